The number of aliphatic hydroxyl groups is 1. The third kappa shape index (κ3) is 1.52. The minimum Gasteiger partial charge on any atom is -0.456 e. The van der Waals surface area contributed by atoms with Crippen molar-refractivity contribution in [3.8, 4) is 0 Å². The van der Waals surface area contributed by atoms with Crippen LogP contribution >= 0.6 is 0 Å². The fraction of sp³-hybridized carbons (Fsp3) is 0.200. The van der Waals surface area contributed by atoms with E-state index in [1.165, 1.54) is 0 Å². The first-order valence-electron chi connectivity index (χ1n) is 2.50. The summed E-state index contributed by atoms with van der Waals surface area (Å²) in [5.41, 5.74) is 0.729. The van der Waals surface area contributed by atoms with Gasteiger partial charge >= 0.3 is 21.1 Å². The molecule has 5 heteroatoms. The van der Waals surface area contributed by atoms with Gasteiger partial charge in [-0.3, -0.25) is 9.89 Å². The van der Waals surface area contributed by atoms with Crippen molar-refractivity contribution in [1.29, 1.82) is 0 Å². The van der Waals surface area contributed by atoms with Crippen molar-refractivity contribution in [3.63, 3.8) is 0 Å². The maximum Gasteiger partial charge on any atom is 2.00 e. The van der Waals surface area contributed by atoms with Gasteiger partial charge in [0.25, 0.3) is 0 Å². The molecule has 0 amide bonds. The Labute approximate surface area is 71.9 Å². The van der Waals surface area contributed by atoms with Crippen LogP contribution in [0.3, 0.4) is 0 Å². The molecule has 0 aliphatic rings. The minimum absolute atomic E-state index is 0. The molecule has 0 fully saturated rings. The SMILES string of the molecule is Cc1c([CH-]O)[nH][nH]c1=O.[W+2]. The Hall–Kier alpha value is -0.472. The molecule has 0 saturated heterocycles. The van der Waals surface area contributed by atoms with Gasteiger partial charge in [0.15, 0.2) is 5.56 Å². The number of H-pyrrole nitrogens is 2. The molecule has 4 nitrogen and oxygen atoms in total. The molecule has 0 bridgehead atoms. The van der Waals surface area contributed by atoms with E-state index in [2.05, 4.69) is 10.2 Å². The smallest absolute Gasteiger partial charge is 0.456 e. The summed E-state index contributed by atoms with van der Waals surface area (Å²) < 4.78 is 0. The summed E-state index contributed by atoms with van der Waals surface area (Å²) in [4.78, 5) is 10.6. The maximum atomic E-state index is 10.6. The zero-order chi connectivity index (χ0) is 6.85. The zero-order valence-corrected chi connectivity index (χ0v) is 8.27. The van der Waals surface area contributed by atoms with E-state index in [0.29, 0.717) is 11.3 Å². The third-order valence-corrected chi connectivity index (χ3v) is 1.18. The Morgan fingerprint density at radius 2 is 2.10 bits per heavy atom. The molecule has 1 aromatic heterocycles. The van der Waals surface area contributed by atoms with Gasteiger partial charge in [-0.1, -0.05) is 12.3 Å². The first-order chi connectivity index (χ1) is 4.25. The van der Waals surface area contributed by atoms with Crippen molar-refractivity contribution in [3.05, 3.63) is 28.2 Å². The van der Waals surface area contributed by atoms with Crippen molar-refractivity contribution in [2.45, 2.75) is 6.92 Å². The monoisotopic (exact) mass is 311 g/mol. The van der Waals surface area contributed by atoms with Crippen LogP contribution in [0.1, 0.15) is 11.3 Å². The first kappa shape index (κ1) is 9.53. The Balaban J connectivity index is 0.000000810. The molecule has 1 heterocycles. The van der Waals surface area contributed by atoms with Crippen LogP contribution in [0, 0.1) is 13.5 Å². The summed E-state index contributed by atoms with van der Waals surface area (Å²) in [5, 5.41) is 13.2. The van der Waals surface area contributed by atoms with Gasteiger partial charge in [0.05, 0.1) is 0 Å². The molecule has 0 spiro atoms. The number of hydrogen-bond donors (Lipinski definition) is 3. The van der Waals surface area contributed by atoms with Crippen LogP contribution in [0.15, 0.2) is 4.79 Å². The second-order valence-electron chi connectivity index (χ2n) is 1.75. The fourth-order valence-electron chi connectivity index (χ4n) is 0.563. The molecule has 1 rings (SSSR count). The standard InChI is InChI=1S/C5H7N2O2.W/c1-3-4(2-8)6-7-5(3)9;/h2,8H,1H3,(H2,6,7,9);/q-1;+2. The van der Waals surface area contributed by atoms with Gasteiger partial charge in [0.1, 0.15) is 0 Å². The van der Waals surface area contributed by atoms with Gasteiger partial charge in [0.2, 0.25) is 0 Å². The van der Waals surface area contributed by atoms with E-state index < -0.39 is 0 Å². The number of aliphatic hydroxyl groups excluding tert-OH is 1. The molecule has 0 unspecified atom stereocenters. The molecule has 0 saturated carbocycles. The van der Waals surface area contributed by atoms with E-state index in [1.807, 2.05) is 0 Å². The zero-order valence-electron chi connectivity index (χ0n) is 5.34. The second-order valence-corrected chi connectivity index (χ2v) is 1.75. The molecule has 0 aromatic carbocycles. The molecule has 1 aromatic rings. The molecule has 0 aliphatic carbocycles. The molecular formula is C5H7N2O2W+. The van der Waals surface area contributed by atoms with Crippen LogP contribution < -0.4 is 5.56 Å². The maximum absolute atomic E-state index is 10.6. The van der Waals surface area contributed by atoms with Gasteiger partial charge in [-0.15, -0.1) is 12.5 Å². The molecule has 54 valence electrons. The van der Waals surface area contributed by atoms with Crippen LogP contribution in [0.2, 0.25) is 0 Å². The van der Waals surface area contributed by atoms with E-state index in [0.717, 1.165) is 6.61 Å². The Bertz CT molecular complexity index is 252. The van der Waals surface area contributed by atoms with Crippen molar-refractivity contribution >= 4 is 0 Å². The molecular weight excluding hydrogens is 304 g/mol. The van der Waals surface area contributed by atoms with E-state index >= 15 is 0 Å². The molecule has 0 aliphatic heterocycles. The van der Waals surface area contributed by atoms with Gasteiger partial charge < -0.3 is 10.2 Å². The molecule has 10 heavy (non-hydrogen) atoms. The second kappa shape index (κ2) is 3.64. The van der Waals surface area contributed by atoms with Crippen LogP contribution in [0.4, 0.5) is 0 Å². The first-order valence-corrected chi connectivity index (χ1v) is 2.50. The summed E-state index contributed by atoms with van der Waals surface area (Å²) in [6.07, 6.45) is 0. The number of aromatic amines is 2. The average molecular weight is 311 g/mol. The predicted octanol–water partition coefficient (Wildman–Crippen LogP) is -0.109. The van der Waals surface area contributed by atoms with Gasteiger partial charge in [0, 0.05) is 0 Å². The van der Waals surface area contributed by atoms with Gasteiger partial charge in [-0.05, 0) is 0 Å². The summed E-state index contributed by atoms with van der Waals surface area (Å²) >= 11 is 0. The van der Waals surface area contributed by atoms with Crippen LogP contribution in [-0.4, -0.2) is 15.3 Å². The molecule has 3 N–H and O–H groups in total. The van der Waals surface area contributed by atoms with Crippen LogP contribution in [-0.2, 0) is 21.1 Å². The largest absolute Gasteiger partial charge is 2.00 e. The Kier molecular flexibility index (Phi) is 3.47. The third-order valence-electron chi connectivity index (χ3n) is 1.18. The predicted molar refractivity (Wildman–Crippen MR) is 31.5 cm³/mol. The fourth-order valence-corrected chi connectivity index (χ4v) is 0.563. The normalized spacial score (nSPS) is 8.60. The van der Waals surface area contributed by atoms with Crippen LogP contribution in [0.25, 0.3) is 0 Å². The van der Waals surface area contributed by atoms with Crippen molar-refractivity contribution in [2.24, 2.45) is 0 Å². The quantitative estimate of drug-likeness (QED) is 0.634. The Morgan fingerprint density at radius 3 is 2.30 bits per heavy atom. The number of aromatic nitrogens is 2. The molecule has 0 atom stereocenters. The number of nitrogens with one attached hydrogen (secondary N) is 2. The molecule has 0 radical (unpaired) electrons. The van der Waals surface area contributed by atoms with E-state index in [-0.39, 0.29) is 26.6 Å². The van der Waals surface area contributed by atoms with Crippen molar-refractivity contribution in [2.75, 3.05) is 0 Å². The van der Waals surface area contributed by atoms with Crippen molar-refractivity contribution in [1.82, 2.24) is 10.2 Å². The average Bonchev–Trinajstić information content (AvgIpc) is 2.15. The summed E-state index contributed by atoms with van der Waals surface area (Å²) in [7, 11) is 0. The van der Waals surface area contributed by atoms with Crippen LogP contribution in [0.5, 0.6) is 0 Å². The Morgan fingerprint density at radius 1 is 1.50 bits per heavy atom. The summed E-state index contributed by atoms with van der Waals surface area (Å²) in [5.74, 6) is 0. The van der Waals surface area contributed by atoms with Crippen molar-refractivity contribution < 1.29 is 26.2 Å². The topological polar surface area (TPSA) is 68.9 Å². The van der Waals surface area contributed by atoms with E-state index in [9.17, 15) is 4.79 Å². The number of hydrogen-bond acceptors (Lipinski definition) is 2. The van der Waals surface area contributed by atoms with E-state index in [1.54, 1.807) is 6.92 Å². The minimum atomic E-state index is -0.199. The summed E-state index contributed by atoms with van der Waals surface area (Å²) in [6, 6.07) is 0. The van der Waals surface area contributed by atoms with Gasteiger partial charge in [-0.2, -0.15) is 0 Å². The van der Waals surface area contributed by atoms with E-state index in [4.69, 9.17) is 5.11 Å². The number of rotatable bonds is 1. The summed E-state index contributed by atoms with van der Waals surface area (Å²) in [6.45, 7) is 2.48. The van der Waals surface area contributed by atoms with Gasteiger partial charge in [-0.25, -0.2) is 0 Å².